The predicted molar refractivity (Wildman–Crippen MR) is 67.4 cm³/mol. The summed E-state index contributed by atoms with van der Waals surface area (Å²) in [5, 5.41) is 8.72. The monoisotopic (exact) mass is 225 g/mol. The summed E-state index contributed by atoms with van der Waals surface area (Å²) < 4.78 is 1.99. The van der Waals surface area contributed by atoms with Gasteiger partial charge in [-0.25, -0.2) is 4.98 Å². The van der Waals surface area contributed by atoms with Gasteiger partial charge < -0.3 is 4.57 Å². The van der Waals surface area contributed by atoms with E-state index in [1.165, 1.54) is 11.1 Å². The normalized spacial score (nSPS) is 10.2. The van der Waals surface area contributed by atoms with Gasteiger partial charge >= 0.3 is 0 Å². The molecule has 1 heterocycles. The van der Waals surface area contributed by atoms with Crippen LogP contribution in [0, 0.1) is 25.2 Å². The van der Waals surface area contributed by atoms with Crippen molar-refractivity contribution >= 4 is 0 Å². The van der Waals surface area contributed by atoms with E-state index < -0.39 is 0 Å². The first-order valence-electron chi connectivity index (χ1n) is 5.58. The highest BCUT2D eigenvalue weighted by Gasteiger charge is 2.10. The van der Waals surface area contributed by atoms with Crippen molar-refractivity contribution in [1.82, 2.24) is 9.55 Å². The van der Waals surface area contributed by atoms with Gasteiger partial charge in [0, 0.05) is 18.8 Å². The Morgan fingerprint density at radius 3 is 2.76 bits per heavy atom. The highest BCUT2D eigenvalue weighted by Crippen LogP contribution is 2.23. The van der Waals surface area contributed by atoms with Crippen LogP contribution in [-0.4, -0.2) is 9.55 Å². The molecule has 0 unspecified atom stereocenters. The van der Waals surface area contributed by atoms with Crippen molar-refractivity contribution in [2.75, 3.05) is 0 Å². The zero-order valence-electron chi connectivity index (χ0n) is 10.4. The smallest absolute Gasteiger partial charge is 0.140 e. The Labute approximate surface area is 101 Å². The van der Waals surface area contributed by atoms with E-state index in [2.05, 4.69) is 43.1 Å². The Hall–Kier alpha value is -2.08. The molecule has 1 aromatic carbocycles. The summed E-state index contributed by atoms with van der Waals surface area (Å²) in [4.78, 5) is 4.41. The highest BCUT2D eigenvalue weighted by molar-refractivity contribution is 5.61. The van der Waals surface area contributed by atoms with E-state index in [9.17, 15) is 0 Å². The third-order valence-electron chi connectivity index (χ3n) is 2.97. The van der Waals surface area contributed by atoms with Crippen LogP contribution >= 0.6 is 0 Å². The fraction of sp³-hybridized carbons (Fsp3) is 0.286. The van der Waals surface area contributed by atoms with Crippen LogP contribution in [0.1, 0.15) is 16.8 Å². The van der Waals surface area contributed by atoms with Gasteiger partial charge in [0.25, 0.3) is 0 Å². The number of nitrogens with zero attached hydrogens (tertiary/aromatic N) is 3. The van der Waals surface area contributed by atoms with E-state index in [4.69, 9.17) is 5.26 Å². The van der Waals surface area contributed by atoms with Crippen LogP contribution in [0.15, 0.2) is 24.4 Å². The van der Waals surface area contributed by atoms with E-state index in [1.54, 1.807) is 6.20 Å². The molecule has 0 bridgehead atoms. The molecule has 2 rings (SSSR count). The first-order chi connectivity index (χ1) is 8.13. The summed E-state index contributed by atoms with van der Waals surface area (Å²) in [6, 6.07) is 8.47. The van der Waals surface area contributed by atoms with E-state index in [0.29, 0.717) is 6.42 Å². The quantitative estimate of drug-likeness (QED) is 0.788. The molecule has 0 aliphatic carbocycles. The topological polar surface area (TPSA) is 41.6 Å². The number of rotatable bonds is 2. The average molecular weight is 225 g/mol. The van der Waals surface area contributed by atoms with Crippen molar-refractivity contribution in [3.8, 4) is 17.5 Å². The standard InChI is InChI=1S/C14H15N3/c1-10-4-5-13(11(2)8-10)14-16-9-12(6-7-15)17(14)3/h4-5,8-9H,6H2,1-3H3. The number of aryl methyl sites for hydroxylation is 2. The van der Waals surface area contributed by atoms with Crippen LogP contribution in [-0.2, 0) is 13.5 Å². The summed E-state index contributed by atoms with van der Waals surface area (Å²) in [6.07, 6.45) is 2.17. The molecular weight excluding hydrogens is 210 g/mol. The molecule has 17 heavy (non-hydrogen) atoms. The fourth-order valence-corrected chi connectivity index (χ4v) is 2.00. The van der Waals surface area contributed by atoms with Gasteiger partial charge in [-0.2, -0.15) is 5.26 Å². The van der Waals surface area contributed by atoms with E-state index in [1.807, 2.05) is 11.6 Å². The summed E-state index contributed by atoms with van der Waals surface area (Å²) in [5.41, 5.74) is 4.53. The average Bonchev–Trinajstić information content (AvgIpc) is 2.62. The Morgan fingerprint density at radius 1 is 1.35 bits per heavy atom. The second-order valence-corrected chi connectivity index (χ2v) is 4.29. The first kappa shape index (κ1) is 11.4. The summed E-state index contributed by atoms with van der Waals surface area (Å²) in [5.74, 6) is 0.924. The number of nitriles is 1. The molecule has 3 heteroatoms. The molecule has 0 N–H and O–H groups in total. The SMILES string of the molecule is Cc1ccc(-c2ncc(CC#N)n2C)c(C)c1. The van der Waals surface area contributed by atoms with E-state index >= 15 is 0 Å². The molecule has 86 valence electrons. The number of aromatic nitrogens is 2. The molecule has 0 atom stereocenters. The molecule has 0 fully saturated rings. The molecule has 0 spiro atoms. The van der Waals surface area contributed by atoms with Gasteiger partial charge in [0.2, 0.25) is 0 Å². The third kappa shape index (κ3) is 2.07. The van der Waals surface area contributed by atoms with Crippen molar-refractivity contribution in [3.63, 3.8) is 0 Å². The second-order valence-electron chi connectivity index (χ2n) is 4.29. The Balaban J connectivity index is 2.50. The Morgan fingerprint density at radius 2 is 2.12 bits per heavy atom. The van der Waals surface area contributed by atoms with E-state index in [0.717, 1.165) is 17.1 Å². The van der Waals surface area contributed by atoms with Crippen molar-refractivity contribution in [2.45, 2.75) is 20.3 Å². The van der Waals surface area contributed by atoms with Gasteiger partial charge in [-0.3, -0.25) is 0 Å². The molecule has 0 amide bonds. The van der Waals surface area contributed by atoms with Crippen LogP contribution in [0.4, 0.5) is 0 Å². The van der Waals surface area contributed by atoms with Crippen molar-refractivity contribution in [1.29, 1.82) is 5.26 Å². The summed E-state index contributed by atoms with van der Waals surface area (Å²) in [7, 11) is 1.95. The van der Waals surface area contributed by atoms with Gasteiger partial charge in [-0.1, -0.05) is 23.8 Å². The van der Waals surface area contributed by atoms with Crippen LogP contribution in [0.2, 0.25) is 0 Å². The number of hydrogen-bond acceptors (Lipinski definition) is 2. The molecule has 1 aromatic heterocycles. The van der Waals surface area contributed by atoms with Crippen molar-refractivity contribution in [2.24, 2.45) is 7.05 Å². The maximum atomic E-state index is 8.72. The lowest BCUT2D eigenvalue weighted by molar-refractivity contribution is 0.863. The first-order valence-corrected chi connectivity index (χ1v) is 5.58. The molecule has 2 aromatic rings. The van der Waals surface area contributed by atoms with Gasteiger partial charge in [-0.15, -0.1) is 0 Å². The molecule has 3 nitrogen and oxygen atoms in total. The fourth-order valence-electron chi connectivity index (χ4n) is 2.00. The zero-order valence-corrected chi connectivity index (χ0v) is 10.4. The molecule has 0 saturated heterocycles. The van der Waals surface area contributed by atoms with Gasteiger partial charge in [0.1, 0.15) is 5.82 Å². The number of imidazole rings is 1. The summed E-state index contributed by atoms with van der Waals surface area (Å²) >= 11 is 0. The number of hydrogen-bond donors (Lipinski definition) is 0. The summed E-state index contributed by atoms with van der Waals surface area (Å²) in [6.45, 7) is 4.16. The molecule has 0 saturated carbocycles. The molecular formula is C14H15N3. The molecule has 0 aliphatic heterocycles. The van der Waals surface area contributed by atoms with Crippen molar-refractivity contribution in [3.05, 3.63) is 41.2 Å². The number of benzene rings is 1. The maximum absolute atomic E-state index is 8.72. The largest absolute Gasteiger partial charge is 0.330 e. The minimum Gasteiger partial charge on any atom is -0.330 e. The lowest BCUT2D eigenvalue weighted by Crippen LogP contribution is -1.99. The minimum absolute atomic E-state index is 0.397. The van der Waals surface area contributed by atoms with Crippen LogP contribution in [0.5, 0.6) is 0 Å². The third-order valence-corrected chi connectivity index (χ3v) is 2.97. The van der Waals surface area contributed by atoms with E-state index in [-0.39, 0.29) is 0 Å². The van der Waals surface area contributed by atoms with Gasteiger partial charge in [-0.05, 0) is 19.4 Å². The van der Waals surface area contributed by atoms with Crippen LogP contribution < -0.4 is 0 Å². The Bertz CT molecular complexity index is 588. The highest BCUT2D eigenvalue weighted by atomic mass is 15.1. The van der Waals surface area contributed by atoms with Gasteiger partial charge in [0.15, 0.2) is 0 Å². The Kier molecular flexibility index (Phi) is 2.97. The van der Waals surface area contributed by atoms with Gasteiger partial charge in [0.05, 0.1) is 18.2 Å². The maximum Gasteiger partial charge on any atom is 0.140 e. The molecule has 0 aliphatic rings. The van der Waals surface area contributed by atoms with Crippen LogP contribution in [0.25, 0.3) is 11.4 Å². The van der Waals surface area contributed by atoms with Crippen LogP contribution in [0.3, 0.4) is 0 Å². The molecule has 0 radical (unpaired) electrons. The zero-order chi connectivity index (χ0) is 12.4. The predicted octanol–water partition coefficient (Wildman–Crippen LogP) is 2.77. The van der Waals surface area contributed by atoms with Crippen molar-refractivity contribution < 1.29 is 0 Å². The minimum atomic E-state index is 0.397. The lowest BCUT2D eigenvalue weighted by Gasteiger charge is -2.08. The second kappa shape index (κ2) is 4.42. The lowest BCUT2D eigenvalue weighted by atomic mass is 10.1.